The van der Waals surface area contributed by atoms with Crippen molar-refractivity contribution in [3.8, 4) is 0 Å². The number of rotatable bonds is 5. The molecule has 0 saturated carbocycles. The molecular formula is C27H41N3O4S. The minimum atomic E-state index is -0.836. The van der Waals surface area contributed by atoms with Crippen molar-refractivity contribution in [1.82, 2.24) is 14.7 Å². The van der Waals surface area contributed by atoms with E-state index in [0.717, 1.165) is 6.42 Å². The van der Waals surface area contributed by atoms with Crippen molar-refractivity contribution in [3.63, 3.8) is 0 Å². The summed E-state index contributed by atoms with van der Waals surface area (Å²) in [7, 11) is 1.77. The second-order valence-electron chi connectivity index (χ2n) is 12.4. The molecule has 0 aromatic heterocycles. The maximum atomic E-state index is 14.5. The monoisotopic (exact) mass is 503 g/mol. The number of nitrogens with zero attached hydrogens (tertiary/aromatic N) is 3. The van der Waals surface area contributed by atoms with Gasteiger partial charge >= 0.3 is 0 Å². The highest BCUT2D eigenvalue weighted by Crippen LogP contribution is 2.61. The van der Waals surface area contributed by atoms with Gasteiger partial charge in [-0.1, -0.05) is 52.0 Å². The topological polar surface area (TPSA) is 81.2 Å². The Morgan fingerprint density at radius 1 is 1.09 bits per heavy atom. The summed E-state index contributed by atoms with van der Waals surface area (Å²) < 4.78 is -0.836. The summed E-state index contributed by atoms with van der Waals surface area (Å²) in [6, 6.07) is -1.22. The van der Waals surface area contributed by atoms with Crippen LogP contribution >= 0.6 is 11.8 Å². The van der Waals surface area contributed by atoms with Gasteiger partial charge in [0, 0.05) is 30.9 Å². The Morgan fingerprint density at radius 2 is 1.77 bits per heavy atom. The van der Waals surface area contributed by atoms with E-state index in [1.54, 1.807) is 28.6 Å². The molecule has 4 aliphatic rings. The zero-order valence-electron chi connectivity index (χ0n) is 22.2. The van der Waals surface area contributed by atoms with E-state index in [1.807, 2.05) is 30.1 Å². The fourth-order valence-corrected chi connectivity index (χ4v) is 8.94. The molecule has 1 N–H and O–H groups in total. The largest absolute Gasteiger partial charge is 0.394 e. The molecule has 6 atom stereocenters. The van der Waals surface area contributed by atoms with Crippen molar-refractivity contribution in [2.75, 3.05) is 26.7 Å². The number of carbonyl (C=O) groups excluding carboxylic acids is 3. The Morgan fingerprint density at radius 3 is 2.37 bits per heavy atom. The van der Waals surface area contributed by atoms with Gasteiger partial charge in [-0.3, -0.25) is 14.4 Å². The standard InChI is InChI=1S/C27H41N3O4S/c1-8-17(15-31)30-21-24(34)29(26(5,6)16-25(2,3)4)14-10-12-27(21)20(23(30)33)19-18(35-27)11-9-13-28(7)22(19)32/h9-12,17-21,31H,8,13-16H2,1-7H3/t17-,18+,19-,20-,21?,27-/m0/s1. The summed E-state index contributed by atoms with van der Waals surface area (Å²) in [5, 5.41) is 10.1. The third kappa shape index (κ3) is 4.14. The van der Waals surface area contributed by atoms with Gasteiger partial charge in [0.2, 0.25) is 17.7 Å². The molecule has 2 saturated heterocycles. The molecule has 0 aromatic carbocycles. The second-order valence-corrected chi connectivity index (χ2v) is 13.9. The van der Waals surface area contributed by atoms with Crippen LogP contribution in [0.2, 0.25) is 0 Å². The first-order valence-corrected chi connectivity index (χ1v) is 13.7. The molecule has 4 aliphatic heterocycles. The molecule has 0 aromatic rings. The van der Waals surface area contributed by atoms with E-state index >= 15 is 0 Å². The van der Waals surface area contributed by atoms with Gasteiger partial charge in [-0.25, -0.2) is 0 Å². The Bertz CT molecular complexity index is 951. The molecule has 7 nitrogen and oxygen atoms in total. The fraction of sp³-hybridized carbons (Fsp3) is 0.741. The number of aliphatic hydroxyl groups is 1. The molecule has 4 heterocycles. The minimum Gasteiger partial charge on any atom is -0.394 e. The van der Waals surface area contributed by atoms with Crippen LogP contribution < -0.4 is 0 Å². The van der Waals surface area contributed by atoms with Crippen molar-refractivity contribution in [2.24, 2.45) is 17.3 Å². The number of amides is 3. The van der Waals surface area contributed by atoms with E-state index in [1.165, 1.54) is 0 Å². The maximum Gasteiger partial charge on any atom is 0.247 e. The van der Waals surface area contributed by atoms with Crippen LogP contribution in [0.4, 0.5) is 0 Å². The second kappa shape index (κ2) is 8.94. The molecule has 0 aliphatic carbocycles. The van der Waals surface area contributed by atoms with Gasteiger partial charge < -0.3 is 19.8 Å². The maximum absolute atomic E-state index is 14.5. The Labute approximate surface area is 214 Å². The van der Waals surface area contributed by atoms with Crippen LogP contribution in [-0.2, 0) is 14.4 Å². The quantitative estimate of drug-likeness (QED) is 0.584. The molecule has 1 unspecified atom stereocenters. The first kappa shape index (κ1) is 26.3. The highest BCUT2D eigenvalue weighted by Gasteiger charge is 2.71. The fourth-order valence-electron chi connectivity index (χ4n) is 6.95. The van der Waals surface area contributed by atoms with Crippen molar-refractivity contribution in [2.45, 2.75) is 82.0 Å². The third-order valence-corrected chi connectivity index (χ3v) is 9.81. The van der Waals surface area contributed by atoms with E-state index < -0.39 is 34.2 Å². The number of thioether (sulfide) groups is 1. The van der Waals surface area contributed by atoms with E-state index in [-0.39, 0.29) is 35.0 Å². The van der Waals surface area contributed by atoms with Crippen molar-refractivity contribution >= 4 is 29.5 Å². The summed E-state index contributed by atoms with van der Waals surface area (Å²) in [5.74, 6) is -1.46. The lowest BCUT2D eigenvalue weighted by atomic mass is 9.77. The number of likely N-dealkylation sites (N-methyl/N-ethyl adjacent to an activating group) is 1. The highest BCUT2D eigenvalue weighted by atomic mass is 32.2. The summed E-state index contributed by atoms with van der Waals surface area (Å²) in [5.41, 5.74) is -0.415. The molecule has 1 spiro atoms. The zero-order valence-corrected chi connectivity index (χ0v) is 23.0. The van der Waals surface area contributed by atoms with Gasteiger partial charge in [0.1, 0.15) is 6.04 Å². The average Bonchev–Trinajstić information content (AvgIpc) is 3.07. The summed E-state index contributed by atoms with van der Waals surface area (Å²) in [6.07, 6.45) is 9.47. The van der Waals surface area contributed by atoms with Crippen LogP contribution in [0.25, 0.3) is 0 Å². The number of carbonyl (C=O) groups is 3. The van der Waals surface area contributed by atoms with Crippen molar-refractivity contribution in [1.29, 1.82) is 0 Å². The van der Waals surface area contributed by atoms with Gasteiger partial charge in [-0.15, -0.1) is 11.8 Å². The SMILES string of the molecule is CC[C@@H](CO)N1C(=O)[C@@H]2[C@H]3C(=O)N(C)CC=C[C@H]3S[C@@]23C=CCN(C(C)(C)CC(C)(C)C)C(=O)C13. The van der Waals surface area contributed by atoms with E-state index in [9.17, 15) is 19.5 Å². The number of hydrogen-bond donors (Lipinski definition) is 1. The van der Waals surface area contributed by atoms with Crippen molar-refractivity contribution in [3.05, 3.63) is 24.3 Å². The zero-order chi connectivity index (χ0) is 25.9. The molecule has 35 heavy (non-hydrogen) atoms. The lowest BCUT2D eigenvalue weighted by Gasteiger charge is -2.45. The Hall–Kier alpha value is -1.80. The Kier molecular flexibility index (Phi) is 6.71. The number of fused-ring (bicyclic) bond motifs is 2. The molecule has 4 rings (SSSR count). The smallest absolute Gasteiger partial charge is 0.247 e. The van der Waals surface area contributed by atoms with E-state index in [4.69, 9.17) is 0 Å². The summed E-state index contributed by atoms with van der Waals surface area (Å²) >= 11 is 1.59. The van der Waals surface area contributed by atoms with Crippen LogP contribution in [0.1, 0.15) is 54.4 Å². The van der Waals surface area contributed by atoms with Crippen LogP contribution in [0.5, 0.6) is 0 Å². The van der Waals surface area contributed by atoms with Gasteiger partial charge in [0.15, 0.2) is 0 Å². The van der Waals surface area contributed by atoms with Gasteiger partial charge in [-0.05, 0) is 32.1 Å². The van der Waals surface area contributed by atoms with Crippen LogP contribution in [-0.4, -0.2) is 91.9 Å². The predicted octanol–water partition coefficient (Wildman–Crippen LogP) is 2.70. The minimum absolute atomic E-state index is 0.0132. The van der Waals surface area contributed by atoms with Gasteiger partial charge in [-0.2, -0.15) is 0 Å². The first-order chi connectivity index (χ1) is 16.3. The number of aliphatic hydroxyl groups excluding tert-OH is 1. The molecule has 0 radical (unpaired) electrons. The van der Waals surface area contributed by atoms with Crippen LogP contribution in [0, 0.1) is 17.3 Å². The van der Waals surface area contributed by atoms with Gasteiger partial charge in [0.05, 0.1) is 29.2 Å². The molecular weight excluding hydrogens is 462 g/mol. The lowest BCUT2D eigenvalue weighted by molar-refractivity contribution is -0.149. The first-order valence-electron chi connectivity index (χ1n) is 12.8. The van der Waals surface area contributed by atoms with E-state index in [2.05, 4.69) is 40.7 Å². The molecule has 8 heteroatoms. The van der Waals surface area contributed by atoms with Crippen molar-refractivity contribution < 1.29 is 19.5 Å². The lowest BCUT2D eigenvalue weighted by Crippen LogP contribution is -2.60. The third-order valence-electron chi connectivity index (χ3n) is 8.07. The number of likely N-dealkylation sites (tertiary alicyclic amines) is 1. The Balaban J connectivity index is 1.85. The molecule has 194 valence electrons. The van der Waals surface area contributed by atoms with E-state index in [0.29, 0.717) is 19.5 Å². The molecule has 2 fully saturated rings. The number of hydrogen-bond acceptors (Lipinski definition) is 5. The van der Waals surface area contributed by atoms with Crippen LogP contribution in [0.3, 0.4) is 0 Å². The summed E-state index contributed by atoms with van der Waals surface area (Å²) in [6.45, 7) is 13.4. The normalized spacial score (nSPS) is 34.1. The van der Waals surface area contributed by atoms with Crippen LogP contribution in [0.15, 0.2) is 24.3 Å². The highest BCUT2D eigenvalue weighted by molar-refractivity contribution is 8.02. The summed E-state index contributed by atoms with van der Waals surface area (Å²) in [4.78, 5) is 47.4. The predicted molar refractivity (Wildman–Crippen MR) is 139 cm³/mol. The molecule has 0 bridgehead atoms. The molecule has 3 amide bonds. The average molecular weight is 504 g/mol. The van der Waals surface area contributed by atoms with Gasteiger partial charge in [0.25, 0.3) is 0 Å².